The molecular formula is C18H30N2O6Sn. The van der Waals surface area contributed by atoms with Crippen molar-refractivity contribution in [2.45, 2.75) is 83.0 Å². The number of aliphatic hydroxyl groups excluding tert-OH is 2. The second kappa shape index (κ2) is 10.7. The molecule has 152 valence electrons. The van der Waals surface area contributed by atoms with E-state index in [1.807, 2.05) is 0 Å². The van der Waals surface area contributed by atoms with Gasteiger partial charge in [-0.1, -0.05) is 0 Å². The zero-order chi connectivity index (χ0) is 20.0. The Labute approximate surface area is 171 Å². The van der Waals surface area contributed by atoms with Crippen molar-refractivity contribution in [3.05, 3.63) is 33.1 Å². The van der Waals surface area contributed by atoms with Crippen LogP contribution in [0.3, 0.4) is 0 Å². The summed E-state index contributed by atoms with van der Waals surface area (Å²) < 4.78 is 13.3. The Hall–Kier alpha value is -0.811. The zero-order valence-corrected chi connectivity index (χ0v) is 20.0. The fourth-order valence-corrected chi connectivity index (χ4v) is 4.23. The Morgan fingerprint density at radius 1 is 1.33 bits per heavy atom. The van der Waals surface area contributed by atoms with Crippen LogP contribution >= 0.6 is 0 Å². The molecule has 0 aromatic carbocycles. The predicted octanol–water partition coefficient (Wildman–Crippen LogP) is 0.0646. The van der Waals surface area contributed by atoms with Crippen LogP contribution in [0.2, 0.25) is 0 Å². The molecule has 0 amide bonds. The van der Waals surface area contributed by atoms with Crippen LogP contribution in [0.5, 0.6) is 0 Å². The summed E-state index contributed by atoms with van der Waals surface area (Å²) in [5, 5.41) is 20.9. The molecule has 3 N–H and O–H groups in total. The summed E-state index contributed by atoms with van der Waals surface area (Å²) >= 11 is 0.106. The Bertz CT molecular complexity index is 725. The number of hydrogen-bond acceptors (Lipinski definition) is 6. The van der Waals surface area contributed by atoms with Crippen LogP contribution < -0.4 is 11.2 Å². The second-order valence-electron chi connectivity index (χ2n) is 6.95. The quantitative estimate of drug-likeness (QED) is 0.401. The van der Waals surface area contributed by atoms with Gasteiger partial charge in [-0.15, -0.1) is 0 Å². The van der Waals surface area contributed by atoms with E-state index in [2.05, 4.69) is 18.8 Å². The Morgan fingerprint density at radius 2 is 1.96 bits per heavy atom. The van der Waals surface area contributed by atoms with E-state index in [1.165, 1.54) is 12.3 Å². The molecule has 2 heterocycles. The van der Waals surface area contributed by atoms with Gasteiger partial charge in [-0.2, -0.15) is 0 Å². The third-order valence-electron chi connectivity index (χ3n) is 4.78. The van der Waals surface area contributed by atoms with Gasteiger partial charge >= 0.3 is 171 Å². The Morgan fingerprint density at radius 3 is 2.48 bits per heavy atom. The molecular weight excluding hydrogens is 459 g/mol. The van der Waals surface area contributed by atoms with Gasteiger partial charge in [0.25, 0.3) is 0 Å². The predicted molar refractivity (Wildman–Crippen MR) is 104 cm³/mol. The van der Waals surface area contributed by atoms with E-state index in [1.54, 1.807) is 0 Å². The summed E-state index contributed by atoms with van der Waals surface area (Å²) in [7, 11) is 0. The van der Waals surface area contributed by atoms with Crippen LogP contribution in [-0.2, 0) is 9.47 Å². The van der Waals surface area contributed by atoms with Crippen molar-refractivity contribution in [1.29, 1.82) is 0 Å². The molecule has 0 aliphatic carbocycles. The number of H-pyrrole nitrogens is 1. The van der Waals surface area contributed by atoms with Crippen LogP contribution in [0.4, 0.5) is 0 Å². The van der Waals surface area contributed by atoms with E-state index >= 15 is 0 Å². The van der Waals surface area contributed by atoms with Crippen LogP contribution in [0, 0.1) is 0 Å². The summed E-state index contributed by atoms with van der Waals surface area (Å²) in [5.74, 6) is 0. The van der Waals surface area contributed by atoms with Crippen molar-refractivity contribution in [2.24, 2.45) is 0 Å². The van der Waals surface area contributed by atoms with Crippen molar-refractivity contribution in [1.82, 2.24) is 9.55 Å². The number of aromatic nitrogens is 2. The molecule has 1 aliphatic rings. The van der Waals surface area contributed by atoms with Gasteiger partial charge in [0.2, 0.25) is 0 Å². The standard InChI is InChI=1S/C18H28N2O6.Sn.2H/c1-3-5-7-12(8-6-4-2)25-16-13(11-21)26-17(15(16)23)20-10-9-14(22)19-18(20)24;;;/h9-10,12-13,15-17,21,23H,3-8H2,1-2H3,(H,19,22,24);;;/t13-,15-,16-,17-;;;/m1.../s1. The molecule has 0 saturated carbocycles. The number of unbranched alkanes of at least 4 members (excludes halogenated alkanes) is 2. The first-order valence-electron chi connectivity index (χ1n) is 9.57. The normalized spacial score (nSPS) is 25.2. The molecule has 0 spiro atoms. The fourth-order valence-electron chi connectivity index (χ4n) is 3.29. The van der Waals surface area contributed by atoms with Gasteiger partial charge in [0.05, 0.1) is 0 Å². The second-order valence-corrected chi connectivity index (χ2v) is 9.02. The summed E-state index contributed by atoms with van der Waals surface area (Å²) in [4.78, 5) is 25.5. The van der Waals surface area contributed by atoms with Gasteiger partial charge in [-0.25, -0.2) is 0 Å². The van der Waals surface area contributed by atoms with Gasteiger partial charge in [0.1, 0.15) is 0 Å². The summed E-state index contributed by atoms with van der Waals surface area (Å²) in [5.41, 5.74) is -1.19. The molecule has 8 nitrogen and oxygen atoms in total. The van der Waals surface area contributed by atoms with Crippen LogP contribution in [0.25, 0.3) is 0 Å². The number of aromatic amines is 1. The SMILES string of the molecule is CCCCC(CCCC)O[C@H]1[C@@H](O)[C@H](n2ccc(=O)[nH]c2=O)O[C@@H]1[C](O)=[SnH2]. The summed E-state index contributed by atoms with van der Waals surface area (Å²) in [6.45, 7) is 4.23. The molecule has 0 bridgehead atoms. The molecule has 1 saturated heterocycles. The van der Waals surface area contributed by atoms with Crippen LogP contribution in [0.1, 0.15) is 58.6 Å². The van der Waals surface area contributed by atoms with Crippen molar-refractivity contribution in [3.63, 3.8) is 0 Å². The number of rotatable bonds is 10. The molecule has 1 aromatic rings. The molecule has 1 aromatic heterocycles. The molecule has 9 heteroatoms. The molecule has 2 rings (SSSR count). The Balaban J connectivity index is 2.23. The van der Waals surface area contributed by atoms with E-state index in [-0.39, 0.29) is 31.9 Å². The number of hydrogen-bond donors (Lipinski definition) is 3. The van der Waals surface area contributed by atoms with E-state index in [0.717, 1.165) is 43.1 Å². The molecule has 1 aliphatic heterocycles. The fraction of sp³-hybridized carbons (Fsp3) is 0.722. The van der Waals surface area contributed by atoms with Gasteiger partial charge in [-0.05, 0) is 0 Å². The number of nitrogens with zero attached hydrogens (tertiary/aromatic N) is 1. The van der Waals surface area contributed by atoms with Crippen molar-refractivity contribution >= 4 is 25.8 Å². The maximum atomic E-state index is 12.1. The Kier molecular flexibility index (Phi) is 8.87. The van der Waals surface area contributed by atoms with E-state index in [4.69, 9.17) is 9.47 Å². The average molecular weight is 489 g/mol. The number of ether oxygens (including phenoxy) is 2. The van der Waals surface area contributed by atoms with Crippen molar-refractivity contribution < 1.29 is 19.7 Å². The topological polar surface area (TPSA) is 114 Å². The number of nitrogens with one attached hydrogen (secondary N) is 1. The van der Waals surface area contributed by atoms with Crippen molar-refractivity contribution in [2.75, 3.05) is 0 Å². The van der Waals surface area contributed by atoms with E-state index in [9.17, 15) is 19.8 Å². The first-order chi connectivity index (χ1) is 12.9. The minimum atomic E-state index is -1.13. The van der Waals surface area contributed by atoms with Crippen LogP contribution in [0.15, 0.2) is 21.9 Å². The van der Waals surface area contributed by atoms with Gasteiger partial charge in [0, 0.05) is 0 Å². The summed E-state index contributed by atoms with van der Waals surface area (Å²) in [6, 6.07) is 1.19. The van der Waals surface area contributed by atoms with Crippen LogP contribution in [-0.4, -0.2) is 69.9 Å². The molecule has 27 heavy (non-hydrogen) atoms. The third-order valence-corrected chi connectivity index (χ3v) is 5.92. The number of aliphatic hydroxyl groups is 2. The first-order valence-corrected chi connectivity index (χ1v) is 11.6. The van der Waals surface area contributed by atoms with Crippen molar-refractivity contribution in [3.8, 4) is 0 Å². The molecule has 4 atom stereocenters. The van der Waals surface area contributed by atoms with Gasteiger partial charge < -0.3 is 0 Å². The maximum absolute atomic E-state index is 12.1. The van der Waals surface area contributed by atoms with E-state index < -0.39 is 35.8 Å². The zero-order valence-electron chi connectivity index (χ0n) is 16.0. The van der Waals surface area contributed by atoms with E-state index in [0.29, 0.717) is 0 Å². The average Bonchev–Trinajstić information content (AvgIpc) is 2.94. The molecule has 1 fully saturated rings. The van der Waals surface area contributed by atoms with Gasteiger partial charge in [0.15, 0.2) is 0 Å². The molecule has 0 radical (unpaired) electrons. The molecule has 0 unspecified atom stereocenters. The monoisotopic (exact) mass is 490 g/mol. The van der Waals surface area contributed by atoms with Gasteiger partial charge in [-0.3, -0.25) is 0 Å². The first kappa shape index (κ1) is 22.5. The summed E-state index contributed by atoms with van der Waals surface area (Å²) in [6.07, 6.45) is 3.45. The minimum absolute atomic E-state index is 0.0357. The third kappa shape index (κ3) is 5.83.